The van der Waals surface area contributed by atoms with E-state index >= 15 is 0 Å². The zero-order valence-electron chi connectivity index (χ0n) is 16.0. The normalized spacial score (nSPS) is 18.0. The fourth-order valence-electron chi connectivity index (χ4n) is 4.06. The second kappa shape index (κ2) is 7.99. The minimum atomic E-state index is 0.00483. The van der Waals surface area contributed by atoms with Crippen LogP contribution in [0.1, 0.15) is 41.6 Å². The van der Waals surface area contributed by atoms with Crippen LogP contribution in [0.2, 0.25) is 0 Å². The molecule has 1 aliphatic heterocycles. The molecule has 142 valence electrons. The number of aryl methyl sites for hydroxylation is 1. The first-order valence-corrected chi connectivity index (χ1v) is 10.0. The zero-order valence-corrected chi connectivity index (χ0v) is 16.0. The molecule has 1 amide bonds. The van der Waals surface area contributed by atoms with E-state index in [4.69, 9.17) is 0 Å². The summed E-state index contributed by atoms with van der Waals surface area (Å²) in [5, 5.41) is 3.12. The van der Waals surface area contributed by atoms with Gasteiger partial charge in [0.2, 0.25) is 0 Å². The van der Waals surface area contributed by atoms with E-state index in [-0.39, 0.29) is 5.91 Å². The van der Waals surface area contributed by atoms with Gasteiger partial charge in [0.1, 0.15) is 5.82 Å². The molecule has 1 saturated heterocycles. The van der Waals surface area contributed by atoms with Gasteiger partial charge in [-0.25, -0.2) is 4.98 Å². The molecule has 1 aliphatic carbocycles. The minimum absolute atomic E-state index is 0.00483. The molecule has 1 aromatic heterocycles. The Hall–Kier alpha value is -2.56. The topological polar surface area (TPSA) is 48.5 Å². The summed E-state index contributed by atoms with van der Waals surface area (Å²) >= 11 is 0. The Labute approximate surface area is 161 Å². The van der Waals surface area contributed by atoms with Gasteiger partial charge in [-0.15, -0.1) is 0 Å². The number of aromatic nitrogens is 1. The number of nitrogens with one attached hydrogen (secondary N) is 1. The highest BCUT2D eigenvalue weighted by Gasteiger charge is 2.20. The van der Waals surface area contributed by atoms with Crippen molar-refractivity contribution in [2.75, 3.05) is 36.0 Å². The lowest BCUT2D eigenvalue weighted by Gasteiger charge is -2.36. The summed E-state index contributed by atoms with van der Waals surface area (Å²) in [6, 6.07) is 12.9. The van der Waals surface area contributed by atoms with Crippen molar-refractivity contribution in [2.24, 2.45) is 0 Å². The molecule has 27 heavy (non-hydrogen) atoms. The molecule has 0 unspecified atom stereocenters. The molecule has 0 radical (unpaired) electrons. The third-order valence-electron chi connectivity index (χ3n) is 5.67. The summed E-state index contributed by atoms with van der Waals surface area (Å²) in [5.74, 6) is 0.960. The second-order valence-corrected chi connectivity index (χ2v) is 7.67. The number of carbonyl (C=O) groups is 1. The van der Waals surface area contributed by atoms with Gasteiger partial charge in [-0.3, -0.25) is 4.79 Å². The van der Waals surface area contributed by atoms with Gasteiger partial charge in [0.05, 0.1) is 5.56 Å². The van der Waals surface area contributed by atoms with Crippen LogP contribution in [0.4, 0.5) is 11.5 Å². The van der Waals surface area contributed by atoms with Crippen molar-refractivity contribution >= 4 is 17.4 Å². The number of rotatable bonds is 4. The fourth-order valence-corrected chi connectivity index (χ4v) is 4.06. The van der Waals surface area contributed by atoms with E-state index in [0.717, 1.165) is 44.8 Å². The molecule has 5 heteroatoms. The molecular formula is C22H28N4O. The third-order valence-corrected chi connectivity index (χ3v) is 5.67. The van der Waals surface area contributed by atoms with E-state index in [9.17, 15) is 4.79 Å². The number of amides is 1. The lowest BCUT2D eigenvalue weighted by molar-refractivity contribution is 0.0937. The van der Waals surface area contributed by atoms with Crippen LogP contribution in [0.5, 0.6) is 0 Å². The van der Waals surface area contributed by atoms with Crippen molar-refractivity contribution in [2.45, 2.75) is 38.6 Å². The first-order chi connectivity index (χ1) is 13.2. The number of carbonyl (C=O) groups excluding carboxylic acids is 1. The first-order valence-electron chi connectivity index (χ1n) is 10.0. The van der Waals surface area contributed by atoms with Crippen LogP contribution < -0.4 is 15.1 Å². The number of anilines is 2. The largest absolute Gasteiger partial charge is 0.368 e. The number of hydrogen-bond acceptors (Lipinski definition) is 4. The molecule has 1 saturated carbocycles. The number of piperazine rings is 1. The van der Waals surface area contributed by atoms with Crippen molar-refractivity contribution in [1.82, 2.24) is 10.3 Å². The molecule has 2 fully saturated rings. The van der Waals surface area contributed by atoms with E-state index in [2.05, 4.69) is 51.3 Å². The molecule has 1 N–H and O–H groups in total. The van der Waals surface area contributed by atoms with E-state index in [0.29, 0.717) is 11.6 Å². The van der Waals surface area contributed by atoms with Crippen molar-refractivity contribution < 1.29 is 4.79 Å². The van der Waals surface area contributed by atoms with Crippen LogP contribution in [0.25, 0.3) is 0 Å². The Kier molecular flexibility index (Phi) is 5.28. The molecule has 0 bridgehead atoms. The fraction of sp³-hybridized carbons (Fsp3) is 0.455. The predicted molar refractivity (Wildman–Crippen MR) is 110 cm³/mol. The van der Waals surface area contributed by atoms with Crippen LogP contribution in [0.15, 0.2) is 42.6 Å². The van der Waals surface area contributed by atoms with Crippen molar-refractivity contribution in [1.29, 1.82) is 0 Å². The van der Waals surface area contributed by atoms with Gasteiger partial charge in [-0.05, 0) is 49.6 Å². The molecule has 2 heterocycles. The summed E-state index contributed by atoms with van der Waals surface area (Å²) < 4.78 is 0. The number of nitrogens with zero attached hydrogens (tertiary/aromatic N) is 3. The summed E-state index contributed by atoms with van der Waals surface area (Å²) in [6.07, 6.45) is 6.35. The zero-order chi connectivity index (χ0) is 18.6. The molecule has 5 nitrogen and oxygen atoms in total. The number of benzene rings is 1. The Morgan fingerprint density at radius 1 is 1.04 bits per heavy atom. The van der Waals surface area contributed by atoms with Crippen LogP contribution in [0.3, 0.4) is 0 Å². The van der Waals surface area contributed by atoms with Gasteiger partial charge >= 0.3 is 0 Å². The smallest absolute Gasteiger partial charge is 0.253 e. The van der Waals surface area contributed by atoms with Gasteiger partial charge in [0, 0.05) is 44.1 Å². The van der Waals surface area contributed by atoms with Crippen molar-refractivity contribution in [3.05, 3.63) is 53.7 Å². The highest BCUT2D eigenvalue weighted by atomic mass is 16.1. The lowest BCUT2D eigenvalue weighted by atomic mass is 10.2. The molecule has 4 rings (SSSR count). The second-order valence-electron chi connectivity index (χ2n) is 7.67. The van der Waals surface area contributed by atoms with Crippen molar-refractivity contribution in [3.8, 4) is 0 Å². The monoisotopic (exact) mass is 364 g/mol. The maximum Gasteiger partial charge on any atom is 0.253 e. The van der Waals surface area contributed by atoms with E-state index in [1.807, 2.05) is 12.1 Å². The summed E-state index contributed by atoms with van der Waals surface area (Å²) in [5.41, 5.74) is 3.24. The van der Waals surface area contributed by atoms with Crippen LogP contribution in [-0.4, -0.2) is 43.1 Å². The maximum atomic E-state index is 12.3. The SMILES string of the molecule is Cc1cccc(N2CCN(c3ccc(C(=O)NC4CCCC4)cn3)CC2)c1. The highest BCUT2D eigenvalue weighted by Crippen LogP contribution is 2.21. The maximum absolute atomic E-state index is 12.3. The quantitative estimate of drug-likeness (QED) is 0.903. The number of hydrogen-bond donors (Lipinski definition) is 1. The van der Waals surface area contributed by atoms with E-state index < -0.39 is 0 Å². The summed E-state index contributed by atoms with van der Waals surface area (Å²) in [7, 11) is 0. The van der Waals surface area contributed by atoms with Gasteiger partial charge in [0.25, 0.3) is 5.91 Å². The van der Waals surface area contributed by atoms with Crippen LogP contribution in [0, 0.1) is 6.92 Å². The average Bonchev–Trinajstić information content (AvgIpc) is 3.21. The average molecular weight is 364 g/mol. The van der Waals surface area contributed by atoms with Gasteiger partial charge in [-0.1, -0.05) is 25.0 Å². The minimum Gasteiger partial charge on any atom is -0.368 e. The Bertz CT molecular complexity index is 775. The Morgan fingerprint density at radius 3 is 2.44 bits per heavy atom. The first kappa shape index (κ1) is 17.8. The molecule has 2 aliphatic rings. The van der Waals surface area contributed by atoms with Crippen LogP contribution >= 0.6 is 0 Å². The predicted octanol–water partition coefficient (Wildman–Crippen LogP) is 3.39. The molecule has 1 aromatic carbocycles. The van der Waals surface area contributed by atoms with Crippen molar-refractivity contribution in [3.63, 3.8) is 0 Å². The van der Waals surface area contributed by atoms with Gasteiger partial charge in [0.15, 0.2) is 0 Å². The highest BCUT2D eigenvalue weighted by molar-refractivity contribution is 5.94. The summed E-state index contributed by atoms with van der Waals surface area (Å²) in [6.45, 7) is 5.97. The Morgan fingerprint density at radius 2 is 1.78 bits per heavy atom. The molecule has 0 spiro atoms. The lowest BCUT2D eigenvalue weighted by Crippen LogP contribution is -2.46. The van der Waals surface area contributed by atoms with E-state index in [1.165, 1.54) is 24.1 Å². The Balaban J connectivity index is 1.34. The molecule has 2 aromatic rings. The summed E-state index contributed by atoms with van der Waals surface area (Å²) in [4.78, 5) is 21.6. The standard InChI is InChI=1S/C22H28N4O/c1-17-5-4-8-20(15-17)25-11-13-26(14-12-25)21-10-9-18(16-23-21)22(27)24-19-6-2-3-7-19/h4-5,8-10,15-16,19H,2-3,6-7,11-14H2,1H3,(H,24,27). The third kappa shape index (κ3) is 4.24. The number of pyridine rings is 1. The molecular weight excluding hydrogens is 336 g/mol. The van der Waals surface area contributed by atoms with Gasteiger partial charge in [-0.2, -0.15) is 0 Å². The molecule has 0 atom stereocenters. The van der Waals surface area contributed by atoms with Crippen LogP contribution in [-0.2, 0) is 0 Å². The van der Waals surface area contributed by atoms with E-state index in [1.54, 1.807) is 6.20 Å². The van der Waals surface area contributed by atoms with Gasteiger partial charge < -0.3 is 15.1 Å².